The molecule has 0 bridgehead atoms. The monoisotopic (exact) mass is 292 g/mol. The molecule has 2 nitrogen and oxygen atoms in total. The molecule has 0 fully saturated rings. The van der Waals surface area contributed by atoms with Crippen LogP contribution in [0, 0.1) is 0 Å². The molecule has 4 heteroatoms. The van der Waals surface area contributed by atoms with Crippen LogP contribution in [0.2, 0.25) is 5.02 Å². The summed E-state index contributed by atoms with van der Waals surface area (Å²) >= 11 is 7.46. The second-order valence-electron chi connectivity index (χ2n) is 4.10. The number of Topliss-reactive ketones (excluding diaryl/α,β-unsaturated/α-hetero) is 1. The molecule has 0 heterocycles. The van der Waals surface area contributed by atoms with Crippen LogP contribution < -0.4 is 0 Å². The van der Waals surface area contributed by atoms with Crippen molar-refractivity contribution in [1.82, 2.24) is 0 Å². The van der Waals surface area contributed by atoms with E-state index in [2.05, 4.69) is 0 Å². The van der Waals surface area contributed by atoms with Gasteiger partial charge < -0.3 is 5.11 Å². The molecule has 2 aromatic carbocycles. The van der Waals surface area contributed by atoms with E-state index >= 15 is 0 Å². The van der Waals surface area contributed by atoms with Crippen molar-refractivity contribution in [2.75, 3.05) is 5.75 Å². The van der Waals surface area contributed by atoms with Crippen LogP contribution in [0.5, 0.6) is 5.75 Å². The molecule has 0 unspecified atom stereocenters. The van der Waals surface area contributed by atoms with Gasteiger partial charge in [-0.25, -0.2) is 0 Å². The Morgan fingerprint density at radius 3 is 2.68 bits per heavy atom. The number of halogens is 1. The maximum atomic E-state index is 11.9. The topological polar surface area (TPSA) is 37.3 Å². The molecule has 0 saturated heterocycles. The second kappa shape index (κ2) is 6.64. The van der Waals surface area contributed by atoms with Crippen LogP contribution in [0.4, 0.5) is 0 Å². The van der Waals surface area contributed by atoms with Crippen LogP contribution in [-0.4, -0.2) is 16.6 Å². The van der Waals surface area contributed by atoms with Gasteiger partial charge in [0.05, 0.1) is 10.8 Å². The van der Waals surface area contributed by atoms with Gasteiger partial charge in [0.1, 0.15) is 11.5 Å². The molecule has 1 N–H and O–H groups in total. The number of aromatic hydroxyl groups is 1. The van der Waals surface area contributed by atoms with E-state index in [9.17, 15) is 9.90 Å². The van der Waals surface area contributed by atoms with E-state index < -0.39 is 0 Å². The summed E-state index contributed by atoms with van der Waals surface area (Å²) in [6.07, 6.45) is 0.325. The zero-order valence-corrected chi connectivity index (χ0v) is 11.7. The Bertz CT molecular complexity index is 584. The molecule has 0 radical (unpaired) electrons. The first-order valence-corrected chi connectivity index (χ1v) is 7.18. The highest BCUT2D eigenvalue weighted by molar-refractivity contribution is 8.00. The number of carbonyl (C=O) groups excluding carboxylic acids is 1. The minimum atomic E-state index is 0.107. The Morgan fingerprint density at radius 1 is 1.16 bits per heavy atom. The van der Waals surface area contributed by atoms with Gasteiger partial charge in [-0.15, -0.1) is 11.8 Å². The number of rotatable bonds is 5. The second-order valence-corrected chi connectivity index (χ2v) is 5.53. The summed E-state index contributed by atoms with van der Waals surface area (Å²) in [7, 11) is 0. The average molecular weight is 293 g/mol. The zero-order valence-electron chi connectivity index (χ0n) is 10.2. The minimum absolute atomic E-state index is 0.107. The summed E-state index contributed by atoms with van der Waals surface area (Å²) < 4.78 is 0. The quantitative estimate of drug-likeness (QED) is 0.848. The summed E-state index contributed by atoms with van der Waals surface area (Å²) in [4.78, 5) is 12.8. The lowest BCUT2D eigenvalue weighted by molar-refractivity contribution is -0.116. The third-order valence-electron chi connectivity index (χ3n) is 2.54. The normalized spacial score (nSPS) is 10.4. The van der Waals surface area contributed by atoms with E-state index in [-0.39, 0.29) is 11.5 Å². The fourth-order valence-corrected chi connectivity index (χ4v) is 2.76. The van der Waals surface area contributed by atoms with Crippen LogP contribution in [0.1, 0.15) is 5.56 Å². The van der Waals surface area contributed by atoms with E-state index in [0.29, 0.717) is 17.2 Å². The third kappa shape index (κ3) is 4.30. The molecule has 2 rings (SSSR count). The summed E-state index contributed by atoms with van der Waals surface area (Å²) in [5.74, 6) is 0.666. The highest BCUT2D eigenvalue weighted by Gasteiger charge is 2.07. The van der Waals surface area contributed by atoms with Crippen molar-refractivity contribution in [3.63, 3.8) is 0 Å². The Morgan fingerprint density at radius 2 is 1.95 bits per heavy atom. The maximum Gasteiger partial charge on any atom is 0.147 e. The maximum absolute atomic E-state index is 11.9. The minimum Gasteiger partial charge on any atom is -0.508 e. The summed E-state index contributed by atoms with van der Waals surface area (Å²) in [5.41, 5.74) is 0.824. The van der Waals surface area contributed by atoms with Crippen LogP contribution in [-0.2, 0) is 11.2 Å². The molecule has 0 aliphatic carbocycles. The number of hydrogen-bond acceptors (Lipinski definition) is 3. The van der Waals surface area contributed by atoms with Crippen LogP contribution in [0.15, 0.2) is 53.4 Å². The Hall–Kier alpha value is -1.45. The fourth-order valence-electron chi connectivity index (χ4n) is 1.67. The molecule has 0 spiro atoms. The largest absolute Gasteiger partial charge is 0.508 e. The van der Waals surface area contributed by atoms with E-state index in [1.54, 1.807) is 18.2 Å². The lowest BCUT2D eigenvalue weighted by Gasteiger charge is -2.04. The zero-order chi connectivity index (χ0) is 13.7. The van der Waals surface area contributed by atoms with E-state index in [1.807, 2.05) is 30.3 Å². The van der Waals surface area contributed by atoms with Gasteiger partial charge in [-0.1, -0.05) is 35.9 Å². The van der Waals surface area contributed by atoms with E-state index in [1.165, 1.54) is 11.8 Å². The molecule has 0 atom stereocenters. The van der Waals surface area contributed by atoms with Crippen molar-refractivity contribution in [3.8, 4) is 5.75 Å². The molecule has 2 aromatic rings. The Labute approximate surface area is 121 Å². The molecule has 0 amide bonds. The van der Waals surface area contributed by atoms with Gasteiger partial charge in [-0.05, 0) is 29.8 Å². The van der Waals surface area contributed by atoms with E-state index in [0.717, 1.165) is 10.5 Å². The van der Waals surface area contributed by atoms with Gasteiger partial charge in [0.2, 0.25) is 0 Å². The average Bonchev–Trinajstić information content (AvgIpc) is 2.38. The first-order chi connectivity index (χ1) is 9.15. The van der Waals surface area contributed by atoms with Crippen LogP contribution in [0.25, 0.3) is 0 Å². The van der Waals surface area contributed by atoms with Gasteiger partial charge in [0, 0.05) is 11.3 Å². The molecule has 0 saturated carbocycles. The Kier molecular flexibility index (Phi) is 4.88. The molecular weight excluding hydrogens is 280 g/mol. The Balaban J connectivity index is 1.90. The van der Waals surface area contributed by atoms with Crippen LogP contribution in [0.3, 0.4) is 0 Å². The molecule has 0 aliphatic rings. The van der Waals surface area contributed by atoms with Crippen LogP contribution >= 0.6 is 23.4 Å². The molecule has 19 heavy (non-hydrogen) atoms. The lowest BCUT2D eigenvalue weighted by Crippen LogP contribution is -2.05. The number of phenols is 1. The molecule has 0 aliphatic heterocycles. The number of phenolic OH excluding ortho intramolecular Hbond substituents is 1. The smallest absolute Gasteiger partial charge is 0.147 e. The summed E-state index contributed by atoms with van der Waals surface area (Å²) in [6, 6.07) is 14.2. The lowest BCUT2D eigenvalue weighted by atomic mass is 10.1. The summed E-state index contributed by atoms with van der Waals surface area (Å²) in [6.45, 7) is 0. The predicted molar refractivity (Wildman–Crippen MR) is 79.0 cm³/mol. The number of benzene rings is 2. The number of ketones is 1. The predicted octanol–water partition coefficient (Wildman–Crippen LogP) is 3.95. The summed E-state index contributed by atoms with van der Waals surface area (Å²) in [5, 5.41) is 10.0. The van der Waals surface area contributed by atoms with Gasteiger partial charge in [-0.3, -0.25) is 4.79 Å². The van der Waals surface area contributed by atoms with Crippen molar-refractivity contribution in [2.45, 2.75) is 11.3 Å². The standard InChI is InChI=1S/C15H13ClO2S/c16-14-6-1-2-7-15(14)19-10-13(18)9-11-4-3-5-12(17)8-11/h1-8,17H,9-10H2. The van der Waals surface area contributed by atoms with Gasteiger partial charge in [0.25, 0.3) is 0 Å². The fraction of sp³-hybridized carbons (Fsp3) is 0.133. The van der Waals surface area contributed by atoms with Crippen molar-refractivity contribution >= 4 is 29.1 Å². The van der Waals surface area contributed by atoms with Crippen molar-refractivity contribution in [3.05, 3.63) is 59.1 Å². The molecular formula is C15H13ClO2S. The van der Waals surface area contributed by atoms with Crippen molar-refractivity contribution in [1.29, 1.82) is 0 Å². The van der Waals surface area contributed by atoms with E-state index in [4.69, 9.17) is 11.6 Å². The first-order valence-electron chi connectivity index (χ1n) is 5.82. The first kappa shape index (κ1) is 14.0. The van der Waals surface area contributed by atoms with Gasteiger partial charge >= 0.3 is 0 Å². The molecule has 98 valence electrons. The SMILES string of the molecule is O=C(CSc1ccccc1Cl)Cc1cccc(O)c1. The number of hydrogen-bond donors (Lipinski definition) is 1. The highest BCUT2D eigenvalue weighted by Crippen LogP contribution is 2.26. The number of thioether (sulfide) groups is 1. The molecule has 0 aromatic heterocycles. The van der Waals surface area contributed by atoms with Gasteiger partial charge in [0.15, 0.2) is 0 Å². The third-order valence-corrected chi connectivity index (χ3v) is 4.11. The number of carbonyl (C=O) groups is 1. The van der Waals surface area contributed by atoms with Crippen molar-refractivity contribution in [2.24, 2.45) is 0 Å². The van der Waals surface area contributed by atoms with Gasteiger partial charge in [-0.2, -0.15) is 0 Å². The highest BCUT2D eigenvalue weighted by atomic mass is 35.5. The van der Waals surface area contributed by atoms with Crippen molar-refractivity contribution < 1.29 is 9.90 Å².